The molecule has 0 aliphatic rings. The minimum Gasteiger partial charge on any atom is -0.370 e. The molecule has 0 aliphatic carbocycles. The predicted octanol–water partition coefficient (Wildman–Crippen LogP) is 3.40. The SMILES string of the molecule is Cc1ccc(CN(C)c2cccc(CN)c2)cc1C. The number of benzene rings is 2. The van der Waals surface area contributed by atoms with Gasteiger partial charge < -0.3 is 10.6 Å². The van der Waals surface area contributed by atoms with Crippen molar-refractivity contribution in [2.75, 3.05) is 11.9 Å². The van der Waals surface area contributed by atoms with E-state index in [1.807, 2.05) is 0 Å². The maximum atomic E-state index is 5.69. The summed E-state index contributed by atoms with van der Waals surface area (Å²) >= 11 is 0. The van der Waals surface area contributed by atoms with Crippen molar-refractivity contribution in [3.63, 3.8) is 0 Å². The van der Waals surface area contributed by atoms with Crippen LogP contribution in [-0.4, -0.2) is 7.05 Å². The lowest BCUT2D eigenvalue weighted by atomic mass is 10.1. The standard InChI is InChI=1S/C17H22N2/c1-13-7-8-16(9-14(13)2)12-19(3)17-6-4-5-15(10-17)11-18/h4-10H,11-12,18H2,1-3H3. The van der Waals surface area contributed by atoms with Crippen molar-refractivity contribution in [3.8, 4) is 0 Å². The fourth-order valence-corrected chi connectivity index (χ4v) is 2.19. The van der Waals surface area contributed by atoms with E-state index in [9.17, 15) is 0 Å². The first kappa shape index (κ1) is 13.6. The zero-order valence-corrected chi connectivity index (χ0v) is 12.0. The highest BCUT2D eigenvalue weighted by Gasteiger charge is 2.04. The number of rotatable bonds is 4. The maximum absolute atomic E-state index is 5.69. The Balaban J connectivity index is 2.15. The van der Waals surface area contributed by atoms with E-state index in [1.165, 1.54) is 27.9 Å². The monoisotopic (exact) mass is 254 g/mol. The van der Waals surface area contributed by atoms with Gasteiger partial charge in [0.15, 0.2) is 0 Å². The smallest absolute Gasteiger partial charge is 0.0426 e. The van der Waals surface area contributed by atoms with Gasteiger partial charge in [0.1, 0.15) is 0 Å². The summed E-state index contributed by atoms with van der Waals surface area (Å²) in [6.45, 7) is 5.81. The van der Waals surface area contributed by atoms with Crippen LogP contribution in [0.15, 0.2) is 42.5 Å². The molecule has 2 aromatic carbocycles. The molecule has 0 fully saturated rings. The Labute approximate surface area is 115 Å². The van der Waals surface area contributed by atoms with Gasteiger partial charge in [0.2, 0.25) is 0 Å². The molecule has 2 heteroatoms. The van der Waals surface area contributed by atoms with Gasteiger partial charge in [-0.05, 0) is 48.2 Å². The lowest BCUT2D eigenvalue weighted by Crippen LogP contribution is -2.16. The van der Waals surface area contributed by atoms with Crippen LogP contribution in [0.25, 0.3) is 0 Å². The first-order valence-electron chi connectivity index (χ1n) is 6.66. The summed E-state index contributed by atoms with van der Waals surface area (Å²) in [5, 5.41) is 0. The normalized spacial score (nSPS) is 10.5. The van der Waals surface area contributed by atoms with Gasteiger partial charge in [-0.1, -0.05) is 30.3 Å². The van der Waals surface area contributed by atoms with Crippen molar-refractivity contribution in [3.05, 3.63) is 64.7 Å². The fraction of sp³-hybridized carbons (Fsp3) is 0.294. The van der Waals surface area contributed by atoms with Crippen LogP contribution in [0.5, 0.6) is 0 Å². The molecule has 0 radical (unpaired) electrons. The first-order chi connectivity index (χ1) is 9.10. The molecule has 0 amide bonds. The molecule has 0 heterocycles. The quantitative estimate of drug-likeness (QED) is 0.906. The number of anilines is 1. The highest BCUT2D eigenvalue weighted by Crippen LogP contribution is 2.18. The number of nitrogens with zero attached hydrogens (tertiary/aromatic N) is 1. The van der Waals surface area contributed by atoms with E-state index in [1.54, 1.807) is 0 Å². The summed E-state index contributed by atoms with van der Waals surface area (Å²) < 4.78 is 0. The van der Waals surface area contributed by atoms with Crippen molar-refractivity contribution < 1.29 is 0 Å². The Kier molecular flexibility index (Phi) is 4.23. The molecular formula is C17H22N2. The Morgan fingerprint density at radius 3 is 2.42 bits per heavy atom. The molecule has 100 valence electrons. The van der Waals surface area contributed by atoms with Gasteiger partial charge in [-0.2, -0.15) is 0 Å². The van der Waals surface area contributed by atoms with Gasteiger partial charge in [0.05, 0.1) is 0 Å². The van der Waals surface area contributed by atoms with E-state index in [2.05, 4.69) is 68.3 Å². The molecule has 0 saturated carbocycles. The highest BCUT2D eigenvalue weighted by molar-refractivity contribution is 5.48. The fourth-order valence-electron chi connectivity index (χ4n) is 2.19. The van der Waals surface area contributed by atoms with Crippen molar-refractivity contribution >= 4 is 5.69 Å². The Morgan fingerprint density at radius 1 is 0.947 bits per heavy atom. The molecule has 2 aromatic rings. The third-order valence-corrected chi connectivity index (χ3v) is 3.58. The average Bonchev–Trinajstić information content (AvgIpc) is 2.43. The van der Waals surface area contributed by atoms with Gasteiger partial charge in [0, 0.05) is 25.8 Å². The Hall–Kier alpha value is -1.80. The molecule has 0 bridgehead atoms. The molecule has 0 atom stereocenters. The van der Waals surface area contributed by atoms with Crippen molar-refractivity contribution in [2.45, 2.75) is 26.9 Å². The van der Waals surface area contributed by atoms with E-state index in [4.69, 9.17) is 5.73 Å². The van der Waals surface area contributed by atoms with E-state index in [0.29, 0.717) is 6.54 Å². The Morgan fingerprint density at radius 2 is 1.74 bits per heavy atom. The summed E-state index contributed by atoms with van der Waals surface area (Å²) in [6.07, 6.45) is 0. The number of aryl methyl sites for hydroxylation is 2. The number of hydrogen-bond acceptors (Lipinski definition) is 2. The summed E-state index contributed by atoms with van der Waals surface area (Å²) in [5.41, 5.74) is 12.1. The van der Waals surface area contributed by atoms with Gasteiger partial charge in [-0.25, -0.2) is 0 Å². The van der Waals surface area contributed by atoms with Crippen LogP contribution in [-0.2, 0) is 13.1 Å². The lowest BCUT2D eigenvalue weighted by Gasteiger charge is -2.20. The second kappa shape index (κ2) is 5.89. The van der Waals surface area contributed by atoms with Gasteiger partial charge in [-0.15, -0.1) is 0 Å². The predicted molar refractivity (Wildman–Crippen MR) is 82.4 cm³/mol. The molecular weight excluding hydrogens is 232 g/mol. The number of hydrogen-bond donors (Lipinski definition) is 1. The van der Waals surface area contributed by atoms with Crippen LogP contribution in [0, 0.1) is 13.8 Å². The van der Waals surface area contributed by atoms with E-state index in [0.717, 1.165) is 6.54 Å². The molecule has 0 aliphatic heterocycles. The topological polar surface area (TPSA) is 29.3 Å². The highest BCUT2D eigenvalue weighted by atomic mass is 15.1. The minimum atomic E-state index is 0.589. The first-order valence-corrected chi connectivity index (χ1v) is 6.66. The minimum absolute atomic E-state index is 0.589. The molecule has 2 rings (SSSR count). The van der Waals surface area contributed by atoms with Crippen LogP contribution >= 0.6 is 0 Å². The van der Waals surface area contributed by atoms with Crippen LogP contribution in [0.2, 0.25) is 0 Å². The number of nitrogens with two attached hydrogens (primary N) is 1. The molecule has 2 nitrogen and oxygen atoms in total. The summed E-state index contributed by atoms with van der Waals surface area (Å²) in [4.78, 5) is 2.25. The lowest BCUT2D eigenvalue weighted by molar-refractivity contribution is 0.916. The maximum Gasteiger partial charge on any atom is 0.0426 e. The summed E-state index contributed by atoms with van der Waals surface area (Å²) in [5.74, 6) is 0. The van der Waals surface area contributed by atoms with Crippen molar-refractivity contribution in [2.24, 2.45) is 5.73 Å². The zero-order valence-electron chi connectivity index (χ0n) is 12.0. The van der Waals surface area contributed by atoms with Crippen molar-refractivity contribution in [1.82, 2.24) is 0 Å². The van der Waals surface area contributed by atoms with Gasteiger partial charge in [-0.3, -0.25) is 0 Å². The van der Waals surface area contributed by atoms with Gasteiger partial charge >= 0.3 is 0 Å². The third kappa shape index (κ3) is 3.36. The molecule has 0 unspecified atom stereocenters. The largest absolute Gasteiger partial charge is 0.370 e. The molecule has 0 spiro atoms. The second-order valence-corrected chi connectivity index (χ2v) is 5.15. The van der Waals surface area contributed by atoms with Gasteiger partial charge in [0.25, 0.3) is 0 Å². The Bertz CT molecular complexity index is 561. The van der Waals surface area contributed by atoms with E-state index >= 15 is 0 Å². The molecule has 19 heavy (non-hydrogen) atoms. The van der Waals surface area contributed by atoms with E-state index in [-0.39, 0.29) is 0 Å². The average molecular weight is 254 g/mol. The second-order valence-electron chi connectivity index (χ2n) is 5.15. The van der Waals surface area contributed by atoms with Crippen LogP contribution in [0.3, 0.4) is 0 Å². The third-order valence-electron chi connectivity index (χ3n) is 3.58. The zero-order chi connectivity index (χ0) is 13.8. The van der Waals surface area contributed by atoms with Crippen LogP contribution < -0.4 is 10.6 Å². The molecule has 2 N–H and O–H groups in total. The summed E-state index contributed by atoms with van der Waals surface area (Å²) in [7, 11) is 2.12. The summed E-state index contributed by atoms with van der Waals surface area (Å²) in [6, 6.07) is 15.1. The molecule has 0 saturated heterocycles. The molecule has 0 aromatic heterocycles. The van der Waals surface area contributed by atoms with Crippen LogP contribution in [0.1, 0.15) is 22.3 Å². The van der Waals surface area contributed by atoms with Crippen molar-refractivity contribution in [1.29, 1.82) is 0 Å². The van der Waals surface area contributed by atoms with E-state index < -0.39 is 0 Å². The van der Waals surface area contributed by atoms with Crippen LogP contribution in [0.4, 0.5) is 5.69 Å².